The van der Waals surface area contributed by atoms with Crippen LogP contribution >= 0.6 is 0 Å². The number of hydrogen-bond acceptors (Lipinski definition) is 1. The number of ketones is 1. The molecule has 4 rings (SSSR count). The molecule has 0 saturated heterocycles. The summed E-state index contributed by atoms with van der Waals surface area (Å²) in [6.45, 7) is 3.66. The van der Waals surface area contributed by atoms with Gasteiger partial charge >= 0.3 is 0 Å². The Bertz CT molecular complexity index is 939. The van der Waals surface area contributed by atoms with Gasteiger partial charge in [0, 0.05) is 29.5 Å². The van der Waals surface area contributed by atoms with Gasteiger partial charge in [-0.2, -0.15) is 0 Å². The first-order valence-corrected chi connectivity index (χ1v) is 8.15. The lowest BCUT2D eigenvalue weighted by atomic mass is 10.1. The van der Waals surface area contributed by atoms with Crippen LogP contribution < -0.4 is 21.5 Å². The number of hydrogen-bond donors (Lipinski definition) is 0. The molecule has 1 aliphatic rings. The molecule has 0 aliphatic carbocycles. The zero-order chi connectivity index (χ0) is 16.5. The third-order valence-electron chi connectivity index (χ3n) is 4.57. The lowest BCUT2D eigenvalue weighted by Gasteiger charge is -2.02. The summed E-state index contributed by atoms with van der Waals surface area (Å²) < 4.78 is 4.15. The van der Waals surface area contributed by atoms with Crippen molar-refractivity contribution in [1.82, 2.24) is 4.57 Å². The smallest absolute Gasteiger partial charge is 0.207 e. The molecular formula is C21H19BrN2O. The molecule has 0 bridgehead atoms. The van der Waals surface area contributed by atoms with Gasteiger partial charge in [-0.1, -0.05) is 24.3 Å². The standard InChI is InChI=1S/C21H19N2O.BrH/c1-16-5-2-3-6-18(16)14-22-11-8-17(9-12-22)13-19-15-23-10-4-7-20(23)21(19)24;/h2-13H,14-15H2,1H3;1H/q+1;/p-1/b19-13+;. The van der Waals surface area contributed by atoms with Crippen molar-refractivity contribution >= 4 is 11.9 Å². The van der Waals surface area contributed by atoms with E-state index in [1.165, 1.54) is 11.1 Å². The maximum absolute atomic E-state index is 12.3. The molecule has 3 aromatic rings. The van der Waals surface area contributed by atoms with Crippen LogP contribution in [0.1, 0.15) is 27.2 Å². The Morgan fingerprint density at radius 2 is 1.84 bits per heavy atom. The van der Waals surface area contributed by atoms with E-state index in [1.54, 1.807) is 0 Å². The van der Waals surface area contributed by atoms with Crippen molar-refractivity contribution in [2.75, 3.05) is 0 Å². The van der Waals surface area contributed by atoms with E-state index in [-0.39, 0.29) is 22.8 Å². The molecule has 0 atom stereocenters. The summed E-state index contributed by atoms with van der Waals surface area (Å²) in [5.74, 6) is 0.136. The lowest BCUT2D eigenvalue weighted by molar-refractivity contribution is -0.688. The predicted molar refractivity (Wildman–Crippen MR) is 93.7 cm³/mol. The minimum atomic E-state index is 0. The minimum absolute atomic E-state index is 0. The molecule has 0 amide bonds. The molecule has 0 saturated carbocycles. The van der Waals surface area contributed by atoms with Gasteiger partial charge in [0.25, 0.3) is 0 Å². The summed E-state index contributed by atoms with van der Waals surface area (Å²) in [5.41, 5.74) is 5.31. The fourth-order valence-corrected chi connectivity index (χ4v) is 3.14. The molecule has 0 radical (unpaired) electrons. The van der Waals surface area contributed by atoms with E-state index in [9.17, 15) is 4.79 Å². The van der Waals surface area contributed by atoms with Gasteiger partial charge in [-0.15, -0.1) is 0 Å². The van der Waals surface area contributed by atoms with Crippen LogP contribution in [0.5, 0.6) is 0 Å². The number of pyridine rings is 1. The van der Waals surface area contributed by atoms with Crippen LogP contribution in [-0.4, -0.2) is 10.4 Å². The normalized spacial score (nSPS) is 14.4. The number of halogens is 1. The van der Waals surface area contributed by atoms with Crippen LogP contribution in [0.4, 0.5) is 0 Å². The van der Waals surface area contributed by atoms with Gasteiger partial charge in [-0.05, 0) is 36.3 Å². The van der Waals surface area contributed by atoms with Gasteiger partial charge in [0.05, 0.1) is 12.2 Å². The van der Waals surface area contributed by atoms with Crippen molar-refractivity contribution in [2.45, 2.75) is 20.0 Å². The van der Waals surface area contributed by atoms with E-state index in [2.05, 4.69) is 60.3 Å². The number of aryl methyl sites for hydroxylation is 1. The summed E-state index contributed by atoms with van der Waals surface area (Å²) in [5, 5.41) is 0. The Kier molecular flexibility index (Phi) is 5.00. The second-order valence-electron chi connectivity index (χ2n) is 6.25. The van der Waals surface area contributed by atoms with Crippen LogP contribution in [0, 0.1) is 6.92 Å². The lowest BCUT2D eigenvalue weighted by Crippen LogP contribution is -3.00. The second kappa shape index (κ2) is 7.19. The quantitative estimate of drug-likeness (QED) is 0.466. The molecule has 3 nitrogen and oxygen atoms in total. The second-order valence-corrected chi connectivity index (χ2v) is 6.25. The van der Waals surface area contributed by atoms with Gasteiger partial charge in [0.15, 0.2) is 18.9 Å². The average molecular weight is 395 g/mol. The Hall–Kier alpha value is -2.46. The Balaban J connectivity index is 0.00000182. The van der Waals surface area contributed by atoms with Crippen LogP contribution in [0.3, 0.4) is 0 Å². The molecular weight excluding hydrogens is 376 g/mol. The Labute approximate surface area is 158 Å². The Morgan fingerprint density at radius 3 is 2.56 bits per heavy atom. The topological polar surface area (TPSA) is 25.9 Å². The van der Waals surface area contributed by atoms with Crippen LogP contribution in [0.15, 0.2) is 72.7 Å². The maximum atomic E-state index is 12.3. The number of nitrogens with zero attached hydrogens (tertiary/aromatic N) is 2. The monoisotopic (exact) mass is 394 g/mol. The highest BCUT2D eigenvalue weighted by Crippen LogP contribution is 2.22. The summed E-state index contributed by atoms with van der Waals surface area (Å²) >= 11 is 0. The molecule has 3 heterocycles. The third kappa shape index (κ3) is 3.49. The largest absolute Gasteiger partial charge is 1.00 e. The molecule has 2 aromatic heterocycles. The van der Waals surface area contributed by atoms with E-state index in [0.29, 0.717) is 6.54 Å². The number of carbonyl (C=O) groups is 1. The van der Waals surface area contributed by atoms with E-state index in [4.69, 9.17) is 0 Å². The first-order valence-electron chi connectivity index (χ1n) is 8.15. The summed E-state index contributed by atoms with van der Waals surface area (Å²) in [6, 6.07) is 16.3. The van der Waals surface area contributed by atoms with Crippen LogP contribution in [0.2, 0.25) is 0 Å². The van der Waals surface area contributed by atoms with Gasteiger partial charge in [0.1, 0.15) is 0 Å². The van der Waals surface area contributed by atoms with Crippen molar-refractivity contribution < 1.29 is 26.3 Å². The summed E-state index contributed by atoms with van der Waals surface area (Å²) in [4.78, 5) is 12.3. The minimum Gasteiger partial charge on any atom is -1.00 e. The molecule has 1 aromatic carbocycles. The Morgan fingerprint density at radius 1 is 1.08 bits per heavy atom. The molecule has 0 fully saturated rings. The van der Waals surface area contributed by atoms with Crippen LogP contribution in [-0.2, 0) is 13.1 Å². The molecule has 0 N–H and O–H groups in total. The van der Waals surface area contributed by atoms with Crippen molar-refractivity contribution in [3.8, 4) is 0 Å². The highest BCUT2D eigenvalue weighted by molar-refractivity contribution is 6.12. The number of benzene rings is 1. The van der Waals surface area contributed by atoms with Gasteiger partial charge in [-0.3, -0.25) is 4.79 Å². The van der Waals surface area contributed by atoms with Crippen molar-refractivity contribution in [3.05, 3.63) is 95.1 Å². The first-order chi connectivity index (χ1) is 11.7. The summed E-state index contributed by atoms with van der Waals surface area (Å²) in [7, 11) is 0. The molecule has 0 unspecified atom stereocenters. The van der Waals surface area contributed by atoms with Gasteiger partial charge in [0.2, 0.25) is 5.78 Å². The first kappa shape index (κ1) is 17.4. The fourth-order valence-electron chi connectivity index (χ4n) is 3.14. The molecule has 4 heteroatoms. The zero-order valence-electron chi connectivity index (χ0n) is 14.0. The van der Waals surface area contributed by atoms with Gasteiger partial charge in [-0.25, -0.2) is 4.57 Å². The SMILES string of the molecule is Cc1ccccc1C[n+]1ccc(/C=C2\Cn3cccc3C2=O)cc1.[Br-]. The zero-order valence-corrected chi connectivity index (χ0v) is 15.6. The maximum Gasteiger partial charge on any atom is 0.207 e. The number of fused-ring (bicyclic) bond motifs is 1. The van der Waals surface area contributed by atoms with E-state index >= 15 is 0 Å². The number of Topliss-reactive ketones (excluding diaryl/α,β-unsaturated/α-hetero) is 1. The van der Waals surface area contributed by atoms with Crippen molar-refractivity contribution in [3.63, 3.8) is 0 Å². The van der Waals surface area contributed by atoms with E-state index in [0.717, 1.165) is 23.4 Å². The molecule has 1 aliphatic heterocycles. The van der Waals surface area contributed by atoms with E-state index < -0.39 is 0 Å². The highest BCUT2D eigenvalue weighted by atomic mass is 79.9. The molecule has 25 heavy (non-hydrogen) atoms. The third-order valence-corrected chi connectivity index (χ3v) is 4.57. The highest BCUT2D eigenvalue weighted by Gasteiger charge is 2.23. The predicted octanol–water partition coefficient (Wildman–Crippen LogP) is 0.416. The average Bonchev–Trinajstić information content (AvgIpc) is 3.15. The molecule has 126 valence electrons. The molecule has 0 spiro atoms. The van der Waals surface area contributed by atoms with Gasteiger partial charge < -0.3 is 21.5 Å². The number of aromatic nitrogens is 2. The number of carbonyl (C=O) groups excluding carboxylic acids is 1. The van der Waals surface area contributed by atoms with Crippen molar-refractivity contribution in [2.24, 2.45) is 0 Å². The number of allylic oxidation sites excluding steroid dienone is 1. The number of rotatable bonds is 3. The fraction of sp³-hybridized carbons (Fsp3) is 0.143. The van der Waals surface area contributed by atoms with E-state index in [1.807, 2.05) is 29.0 Å². The summed E-state index contributed by atoms with van der Waals surface area (Å²) in [6.07, 6.45) is 8.08. The van der Waals surface area contributed by atoms with Crippen molar-refractivity contribution in [1.29, 1.82) is 0 Å². The van der Waals surface area contributed by atoms with Crippen LogP contribution in [0.25, 0.3) is 6.08 Å².